The third-order valence-corrected chi connectivity index (χ3v) is 4.84. The van der Waals surface area contributed by atoms with Gasteiger partial charge in [0, 0.05) is 5.92 Å². The number of aryl methyl sites for hydroxylation is 2. The standard InChI is InChI=1S/C26H28O4/c1-18(2)25(30-24-14-13-19(3)20(4)15-24)26(27)28-17-21-9-8-12-23(16-21)29-22-10-6-5-7-11-22/h5-16,18,25H,17H2,1-4H3. The summed E-state index contributed by atoms with van der Waals surface area (Å²) >= 11 is 0. The average Bonchev–Trinajstić information content (AvgIpc) is 2.73. The highest BCUT2D eigenvalue weighted by Gasteiger charge is 2.26. The number of esters is 1. The summed E-state index contributed by atoms with van der Waals surface area (Å²) in [5.74, 6) is 1.73. The first kappa shape index (κ1) is 21.4. The highest BCUT2D eigenvalue weighted by molar-refractivity contribution is 5.75. The van der Waals surface area contributed by atoms with E-state index in [2.05, 4.69) is 0 Å². The zero-order valence-corrected chi connectivity index (χ0v) is 17.9. The Kier molecular flexibility index (Phi) is 7.12. The number of carbonyl (C=O) groups is 1. The third kappa shape index (κ3) is 5.86. The van der Waals surface area contributed by atoms with Crippen LogP contribution < -0.4 is 9.47 Å². The Morgan fingerprint density at radius 3 is 2.23 bits per heavy atom. The summed E-state index contributed by atoms with van der Waals surface area (Å²) in [6.07, 6.45) is -0.671. The van der Waals surface area contributed by atoms with Crippen molar-refractivity contribution in [1.82, 2.24) is 0 Å². The first-order chi connectivity index (χ1) is 14.4. The van der Waals surface area contributed by atoms with Gasteiger partial charge >= 0.3 is 5.97 Å². The number of hydrogen-bond acceptors (Lipinski definition) is 4. The van der Waals surface area contributed by atoms with Crippen LogP contribution >= 0.6 is 0 Å². The molecule has 3 rings (SSSR count). The normalized spacial score (nSPS) is 11.8. The molecule has 4 heteroatoms. The first-order valence-corrected chi connectivity index (χ1v) is 10.1. The maximum absolute atomic E-state index is 12.7. The van der Waals surface area contributed by atoms with Crippen molar-refractivity contribution in [1.29, 1.82) is 0 Å². The molecule has 0 radical (unpaired) electrons. The van der Waals surface area contributed by atoms with Crippen molar-refractivity contribution < 1.29 is 19.0 Å². The maximum Gasteiger partial charge on any atom is 0.347 e. The van der Waals surface area contributed by atoms with E-state index in [-0.39, 0.29) is 18.5 Å². The molecule has 0 bridgehead atoms. The summed E-state index contributed by atoms with van der Waals surface area (Å²) in [5.41, 5.74) is 3.16. The van der Waals surface area contributed by atoms with E-state index in [1.165, 1.54) is 5.56 Å². The van der Waals surface area contributed by atoms with Gasteiger partial charge in [-0.25, -0.2) is 4.79 Å². The molecule has 0 saturated carbocycles. The third-order valence-electron chi connectivity index (χ3n) is 4.84. The van der Waals surface area contributed by atoms with Gasteiger partial charge in [-0.1, -0.05) is 50.2 Å². The van der Waals surface area contributed by atoms with Gasteiger partial charge in [-0.15, -0.1) is 0 Å². The van der Waals surface area contributed by atoms with Gasteiger partial charge < -0.3 is 14.2 Å². The molecule has 4 nitrogen and oxygen atoms in total. The monoisotopic (exact) mass is 404 g/mol. The molecule has 30 heavy (non-hydrogen) atoms. The molecule has 1 unspecified atom stereocenters. The summed E-state index contributed by atoms with van der Waals surface area (Å²) in [4.78, 5) is 12.7. The van der Waals surface area contributed by atoms with E-state index in [1.54, 1.807) is 0 Å². The molecule has 0 saturated heterocycles. The van der Waals surface area contributed by atoms with E-state index >= 15 is 0 Å². The minimum atomic E-state index is -0.671. The fraction of sp³-hybridized carbons (Fsp3) is 0.269. The van der Waals surface area contributed by atoms with Crippen LogP contribution in [-0.2, 0) is 16.1 Å². The molecule has 0 heterocycles. The van der Waals surface area contributed by atoms with Crippen LogP contribution in [0.4, 0.5) is 0 Å². The second kappa shape index (κ2) is 9.97. The van der Waals surface area contributed by atoms with Gasteiger partial charge in [0.15, 0.2) is 6.10 Å². The molecule has 1 atom stereocenters. The summed E-state index contributed by atoms with van der Waals surface area (Å²) in [6, 6.07) is 22.9. The van der Waals surface area contributed by atoms with Crippen molar-refractivity contribution in [2.45, 2.75) is 40.4 Å². The SMILES string of the molecule is Cc1ccc(OC(C(=O)OCc2cccc(Oc3ccccc3)c2)C(C)C)cc1C. The molecule has 0 fully saturated rings. The Labute approximate surface area is 178 Å². The fourth-order valence-corrected chi connectivity index (χ4v) is 2.95. The van der Waals surface area contributed by atoms with Gasteiger partial charge in [-0.3, -0.25) is 0 Å². The van der Waals surface area contributed by atoms with E-state index in [0.29, 0.717) is 11.5 Å². The molecule has 3 aromatic rings. The van der Waals surface area contributed by atoms with Gasteiger partial charge in [0.05, 0.1) is 0 Å². The molecule has 0 aliphatic rings. The molecular formula is C26H28O4. The Morgan fingerprint density at radius 1 is 0.800 bits per heavy atom. The van der Waals surface area contributed by atoms with E-state index in [0.717, 1.165) is 16.9 Å². The summed E-state index contributed by atoms with van der Waals surface area (Å²) in [5, 5.41) is 0. The van der Waals surface area contributed by atoms with Crippen molar-refractivity contribution in [2.75, 3.05) is 0 Å². The molecule has 0 aliphatic heterocycles. The van der Waals surface area contributed by atoms with E-state index in [4.69, 9.17) is 14.2 Å². The molecular weight excluding hydrogens is 376 g/mol. The first-order valence-electron chi connectivity index (χ1n) is 10.1. The van der Waals surface area contributed by atoms with Crippen LogP contribution in [-0.4, -0.2) is 12.1 Å². The summed E-state index contributed by atoms with van der Waals surface area (Å²) < 4.78 is 17.4. The maximum atomic E-state index is 12.7. The van der Waals surface area contributed by atoms with E-state index < -0.39 is 6.10 Å². The lowest BCUT2D eigenvalue weighted by Gasteiger charge is -2.21. The number of hydrogen-bond donors (Lipinski definition) is 0. The van der Waals surface area contributed by atoms with Gasteiger partial charge in [0.1, 0.15) is 23.9 Å². The van der Waals surface area contributed by atoms with Gasteiger partial charge in [-0.05, 0) is 66.9 Å². The second-order valence-electron chi connectivity index (χ2n) is 7.70. The highest BCUT2D eigenvalue weighted by atomic mass is 16.6. The summed E-state index contributed by atoms with van der Waals surface area (Å²) in [6.45, 7) is 8.12. The van der Waals surface area contributed by atoms with Crippen LogP contribution in [0.5, 0.6) is 17.2 Å². The Hall–Kier alpha value is -3.27. The van der Waals surface area contributed by atoms with Crippen LogP contribution in [0.25, 0.3) is 0 Å². The van der Waals surface area contributed by atoms with Gasteiger partial charge in [0.2, 0.25) is 0 Å². The lowest BCUT2D eigenvalue weighted by molar-refractivity contribution is -0.155. The molecule has 3 aromatic carbocycles. The minimum absolute atomic E-state index is 0.0214. The number of ether oxygens (including phenoxy) is 3. The lowest BCUT2D eigenvalue weighted by Crippen LogP contribution is -2.34. The van der Waals surface area contributed by atoms with Crippen LogP contribution in [0.2, 0.25) is 0 Å². The average molecular weight is 405 g/mol. The zero-order valence-electron chi connectivity index (χ0n) is 17.9. The van der Waals surface area contributed by atoms with Crippen molar-refractivity contribution >= 4 is 5.97 Å². The van der Waals surface area contributed by atoms with Gasteiger partial charge in [-0.2, -0.15) is 0 Å². The van der Waals surface area contributed by atoms with Crippen LogP contribution in [0.1, 0.15) is 30.5 Å². The topological polar surface area (TPSA) is 44.8 Å². The second-order valence-corrected chi connectivity index (χ2v) is 7.70. The predicted molar refractivity (Wildman–Crippen MR) is 118 cm³/mol. The van der Waals surface area contributed by atoms with Crippen molar-refractivity contribution in [3.05, 3.63) is 89.5 Å². The number of rotatable bonds is 8. The predicted octanol–water partition coefficient (Wildman–Crippen LogP) is 6.24. The quantitative estimate of drug-likeness (QED) is 0.417. The summed E-state index contributed by atoms with van der Waals surface area (Å²) in [7, 11) is 0. The van der Waals surface area contributed by atoms with Crippen molar-refractivity contribution in [3.8, 4) is 17.2 Å². The Bertz CT molecular complexity index is 979. The molecule has 0 spiro atoms. The van der Waals surface area contributed by atoms with Gasteiger partial charge in [0.25, 0.3) is 0 Å². The molecule has 0 amide bonds. The smallest absolute Gasteiger partial charge is 0.347 e. The van der Waals surface area contributed by atoms with Crippen molar-refractivity contribution in [2.24, 2.45) is 5.92 Å². The molecule has 0 aliphatic carbocycles. The zero-order chi connectivity index (χ0) is 21.5. The molecule has 0 N–H and O–H groups in total. The fourth-order valence-electron chi connectivity index (χ4n) is 2.95. The van der Waals surface area contributed by atoms with Crippen LogP contribution in [0.15, 0.2) is 72.8 Å². The molecule has 156 valence electrons. The number of para-hydroxylation sites is 1. The van der Waals surface area contributed by atoms with E-state index in [9.17, 15) is 4.79 Å². The number of benzene rings is 3. The van der Waals surface area contributed by atoms with E-state index in [1.807, 2.05) is 100 Å². The van der Waals surface area contributed by atoms with Crippen LogP contribution in [0.3, 0.4) is 0 Å². The Balaban J connectivity index is 1.62. The minimum Gasteiger partial charge on any atom is -0.478 e. The van der Waals surface area contributed by atoms with Crippen molar-refractivity contribution in [3.63, 3.8) is 0 Å². The highest BCUT2D eigenvalue weighted by Crippen LogP contribution is 2.23. The lowest BCUT2D eigenvalue weighted by atomic mass is 10.1. The number of carbonyl (C=O) groups excluding carboxylic acids is 1. The largest absolute Gasteiger partial charge is 0.478 e. The van der Waals surface area contributed by atoms with Crippen LogP contribution in [0, 0.1) is 19.8 Å². The Morgan fingerprint density at radius 2 is 1.53 bits per heavy atom. The molecule has 0 aromatic heterocycles.